The van der Waals surface area contributed by atoms with Crippen LogP contribution in [-0.2, 0) is 11.2 Å². The van der Waals surface area contributed by atoms with Gasteiger partial charge < -0.3 is 4.42 Å². The van der Waals surface area contributed by atoms with Gasteiger partial charge in [0.1, 0.15) is 11.3 Å². The molecule has 18 heavy (non-hydrogen) atoms. The summed E-state index contributed by atoms with van der Waals surface area (Å²) in [6.45, 7) is 1.87. The second kappa shape index (κ2) is 4.56. The zero-order valence-electron chi connectivity index (χ0n) is 10.6. The summed E-state index contributed by atoms with van der Waals surface area (Å²) in [7, 11) is 0. The summed E-state index contributed by atoms with van der Waals surface area (Å²) < 4.78 is 5.47. The molecule has 1 aliphatic rings. The predicted octanol–water partition coefficient (Wildman–Crippen LogP) is 3.44. The quantitative estimate of drug-likeness (QED) is 0.811. The van der Waals surface area contributed by atoms with Gasteiger partial charge in [0.05, 0.1) is 0 Å². The number of ketones is 1. The molecule has 0 bridgehead atoms. The van der Waals surface area contributed by atoms with Crippen LogP contribution in [0.3, 0.4) is 0 Å². The highest BCUT2D eigenvalue weighted by molar-refractivity contribution is 5.79. The minimum absolute atomic E-state index is 0.425. The van der Waals surface area contributed by atoms with Crippen LogP contribution in [0.4, 0.5) is 0 Å². The third kappa shape index (κ3) is 2.30. The first kappa shape index (κ1) is 11.5. The van der Waals surface area contributed by atoms with Gasteiger partial charge in [-0.05, 0) is 42.9 Å². The molecule has 3 nitrogen and oxygen atoms in total. The van der Waals surface area contributed by atoms with Crippen LogP contribution < -0.4 is 0 Å². The number of aromatic nitrogens is 1. The first-order valence-electron chi connectivity index (χ1n) is 6.58. The number of fused-ring (bicyclic) bond motifs is 1. The molecule has 3 rings (SSSR count). The maximum absolute atomic E-state index is 11.2. The van der Waals surface area contributed by atoms with Crippen LogP contribution in [0.1, 0.15) is 37.1 Å². The summed E-state index contributed by atoms with van der Waals surface area (Å²) in [6, 6.07) is 6.23. The topological polar surface area (TPSA) is 43.1 Å². The van der Waals surface area contributed by atoms with E-state index in [0.717, 1.165) is 43.2 Å². The van der Waals surface area contributed by atoms with Crippen LogP contribution in [0.5, 0.6) is 0 Å². The zero-order chi connectivity index (χ0) is 12.5. The van der Waals surface area contributed by atoms with Crippen molar-refractivity contribution in [2.75, 3.05) is 0 Å². The summed E-state index contributed by atoms with van der Waals surface area (Å²) in [4.78, 5) is 15.6. The van der Waals surface area contributed by atoms with E-state index >= 15 is 0 Å². The smallest absolute Gasteiger partial charge is 0.192 e. The molecule has 1 fully saturated rings. The number of carbonyl (C=O) groups is 1. The number of rotatable bonds is 2. The Morgan fingerprint density at radius 1 is 1.33 bits per heavy atom. The number of carbonyl (C=O) groups excluding carboxylic acids is 1. The van der Waals surface area contributed by atoms with E-state index in [1.807, 2.05) is 13.0 Å². The molecule has 0 radical (unpaired) electrons. The summed E-state index contributed by atoms with van der Waals surface area (Å²) in [5, 5.41) is 0. The fraction of sp³-hybridized carbons (Fsp3) is 0.467. The molecule has 0 aliphatic heterocycles. The van der Waals surface area contributed by atoms with E-state index in [1.165, 1.54) is 5.56 Å². The zero-order valence-corrected chi connectivity index (χ0v) is 10.6. The lowest BCUT2D eigenvalue weighted by atomic mass is 9.84. The number of hydrogen-bond donors (Lipinski definition) is 0. The van der Waals surface area contributed by atoms with Gasteiger partial charge in [0.2, 0.25) is 0 Å². The number of hydrogen-bond acceptors (Lipinski definition) is 3. The maximum atomic E-state index is 11.2. The van der Waals surface area contributed by atoms with Gasteiger partial charge in [0.25, 0.3) is 0 Å². The van der Waals surface area contributed by atoms with Crippen molar-refractivity contribution in [1.29, 1.82) is 0 Å². The molecular formula is C15H17NO2. The number of benzene rings is 1. The maximum Gasteiger partial charge on any atom is 0.192 e. The molecular weight excluding hydrogens is 226 g/mol. The number of oxazole rings is 1. The fourth-order valence-corrected chi connectivity index (χ4v) is 2.75. The summed E-state index contributed by atoms with van der Waals surface area (Å²) in [5.41, 5.74) is 3.10. The number of Topliss-reactive ketones (excluding diaryl/α,β-unsaturated/α-hetero) is 1. The molecule has 94 valence electrons. The van der Waals surface area contributed by atoms with Gasteiger partial charge in [-0.1, -0.05) is 6.07 Å². The van der Waals surface area contributed by atoms with Crippen LogP contribution in [0.25, 0.3) is 11.1 Å². The molecule has 1 aliphatic carbocycles. The van der Waals surface area contributed by atoms with Gasteiger partial charge in [0, 0.05) is 19.8 Å². The molecule has 0 unspecified atom stereocenters. The number of aryl methyl sites for hydroxylation is 1. The molecule has 0 amide bonds. The average molecular weight is 243 g/mol. The average Bonchev–Trinajstić information content (AvgIpc) is 2.71. The Morgan fingerprint density at radius 3 is 2.89 bits per heavy atom. The van der Waals surface area contributed by atoms with Crippen molar-refractivity contribution in [2.24, 2.45) is 5.92 Å². The summed E-state index contributed by atoms with van der Waals surface area (Å²) in [5.74, 6) is 1.78. The van der Waals surface area contributed by atoms with Gasteiger partial charge >= 0.3 is 0 Å². The van der Waals surface area contributed by atoms with Crippen molar-refractivity contribution in [1.82, 2.24) is 4.98 Å². The normalized spacial score (nSPS) is 17.5. The molecule has 2 aromatic rings. The highest BCUT2D eigenvalue weighted by Gasteiger charge is 2.19. The lowest BCUT2D eigenvalue weighted by molar-refractivity contribution is -0.121. The molecule has 1 aromatic heterocycles. The molecule has 3 heteroatoms. The predicted molar refractivity (Wildman–Crippen MR) is 69.4 cm³/mol. The van der Waals surface area contributed by atoms with Crippen molar-refractivity contribution in [2.45, 2.75) is 39.0 Å². The molecule has 0 saturated heterocycles. The van der Waals surface area contributed by atoms with Gasteiger partial charge in [-0.2, -0.15) is 0 Å². The van der Waals surface area contributed by atoms with E-state index in [1.54, 1.807) is 0 Å². The molecule has 1 aromatic carbocycles. The lowest BCUT2D eigenvalue weighted by Gasteiger charge is -2.20. The Labute approximate surface area is 106 Å². The van der Waals surface area contributed by atoms with Crippen molar-refractivity contribution in [3.63, 3.8) is 0 Å². The molecule has 1 heterocycles. The first-order valence-corrected chi connectivity index (χ1v) is 6.58. The molecule has 0 atom stereocenters. The van der Waals surface area contributed by atoms with E-state index in [-0.39, 0.29) is 0 Å². The largest absolute Gasteiger partial charge is 0.441 e. The third-order valence-corrected chi connectivity index (χ3v) is 3.75. The lowest BCUT2D eigenvalue weighted by Crippen LogP contribution is -2.15. The van der Waals surface area contributed by atoms with Crippen LogP contribution in [0, 0.1) is 12.8 Å². The van der Waals surface area contributed by atoms with Crippen LogP contribution in [-0.4, -0.2) is 10.8 Å². The number of nitrogens with zero attached hydrogens (tertiary/aromatic N) is 1. The van der Waals surface area contributed by atoms with E-state index in [4.69, 9.17) is 4.42 Å². The summed E-state index contributed by atoms with van der Waals surface area (Å²) >= 11 is 0. The fourth-order valence-electron chi connectivity index (χ4n) is 2.75. The van der Waals surface area contributed by atoms with Gasteiger partial charge in [0.15, 0.2) is 11.5 Å². The highest BCUT2D eigenvalue weighted by atomic mass is 16.3. The van der Waals surface area contributed by atoms with E-state index < -0.39 is 0 Å². The van der Waals surface area contributed by atoms with Crippen molar-refractivity contribution >= 4 is 16.9 Å². The van der Waals surface area contributed by atoms with E-state index in [9.17, 15) is 4.79 Å². The molecule has 1 saturated carbocycles. The summed E-state index contributed by atoms with van der Waals surface area (Å²) in [6.07, 6.45) is 4.64. The molecule has 0 N–H and O–H groups in total. The Morgan fingerprint density at radius 2 is 2.11 bits per heavy atom. The van der Waals surface area contributed by atoms with Crippen LogP contribution in [0.2, 0.25) is 0 Å². The molecule has 0 spiro atoms. The first-order chi connectivity index (χ1) is 8.70. The minimum atomic E-state index is 0.425. The second-order valence-corrected chi connectivity index (χ2v) is 5.22. The van der Waals surface area contributed by atoms with E-state index in [0.29, 0.717) is 17.6 Å². The SMILES string of the molecule is Cc1nc2cc(CC3CCC(=O)CC3)ccc2o1. The minimum Gasteiger partial charge on any atom is -0.441 e. The van der Waals surface area contributed by atoms with Gasteiger partial charge in [-0.3, -0.25) is 4.79 Å². The van der Waals surface area contributed by atoms with E-state index in [2.05, 4.69) is 17.1 Å². The van der Waals surface area contributed by atoms with Crippen molar-refractivity contribution in [3.8, 4) is 0 Å². The standard InChI is InChI=1S/C15H17NO2/c1-10-16-14-9-12(4-7-15(14)18-10)8-11-2-5-13(17)6-3-11/h4,7,9,11H,2-3,5-6,8H2,1H3. The van der Waals surface area contributed by atoms with Crippen molar-refractivity contribution in [3.05, 3.63) is 29.7 Å². The van der Waals surface area contributed by atoms with Crippen molar-refractivity contribution < 1.29 is 9.21 Å². The Hall–Kier alpha value is -1.64. The van der Waals surface area contributed by atoms with Gasteiger partial charge in [-0.25, -0.2) is 4.98 Å². The Kier molecular flexibility index (Phi) is 2.90. The Balaban J connectivity index is 1.76. The van der Waals surface area contributed by atoms with Crippen LogP contribution in [0.15, 0.2) is 22.6 Å². The third-order valence-electron chi connectivity index (χ3n) is 3.75. The highest BCUT2D eigenvalue weighted by Crippen LogP contribution is 2.26. The Bertz CT molecular complexity index is 575. The monoisotopic (exact) mass is 243 g/mol. The van der Waals surface area contributed by atoms with Crippen LogP contribution >= 0.6 is 0 Å². The second-order valence-electron chi connectivity index (χ2n) is 5.22. The van der Waals surface area contributed by atoms with Gasteiger partial charge in [-0.15, -0.1) is 0 Å².